The highest BCUT2D eigenvalue weighted by Crippen LogP contribution is 2.22. The first-order chi connectivity index (χ1) is 7.98. The first kappa shape index (κ1) is 12.8. The first-order valence-corrected chi connectivity index (χ1v) is 6.90. The molecule has 0 saturated carbocycles. The van der Waals surface area contributed by atoms with Gasteiger partial charge in [0.2, 0.25) is 0 Å². The number of hydrogen-bond donors (Lipinski definition) is 1. The van der Waals surface area contributed by atoms with Crippen LogP contribution < -0.4 is 0 Å². The smallest absolute Gasteiger partial charge is 0.177 e. The summed E-state index contributed by atoms with van der Waals surface area (Å²) in [7, 11) is 0. The van der Waals surface area contributed by atoms with E-state index in [0.29, 0.717) is 0 Å². The van der Waals surface area contributed by atoms with Crippen molar-refractivity contribution >= 4 is 12.2 Å². The monoisotopic (exact) mass is 253 g/mol. The fraction of sp³-hybridized carbons (Fsp3) is 0.769. The Morgan fingerprint density at radius 3 is 2.47 bits per heavy atom. The summed E-state index contributed by atoms with van der Waals surface area (Å²) in [4.78, 5) is 5.71. The SMILES string of the molecule is CC(C)(C)c1c[nH]c(=S)n1CCN1CCCC1. The zero-order valence-corrected chi connectivity index (χ0v) is 11.9. The number of nitrogens with one attached hydrogen (secondary N) is 1. The predicted molar refractivity (Wildman–Crippen MR) is 74.0 cm³/mol. The van der Waals surface area contributed by atoms with Crippen molar-refractivity contribution in [2.75, 3.05) is 19.6 Å². The van der Waals surface area contributed by atoms with Gasteiger partial charge in [0.15, 0.2) is 4.77 Å². The Labute approximate surface area is 109 Å². The van der Waals surface area contributed by atoms with Crippen molar-refractivity contribution in [2.24, 2.45) is 0 Å². The Morgan fingerprint density at radius 2 is 1.88 bits per heavy atom. The van der Waals surface area contributed by atoms with Gasteiger partial charge in [-0.3, -0.25) is 0 Å². The lowest BCUT2D eigenvalue weighted by Gasteiger charge is -2.22. The molecule has 0 unspecified atom stereocenters. The maximum Gasteiger partial charge on any atom is 0.177 e. The number of rotatable bonds is 3. The van der Waals surface area contributed by atoms with Crippen LogP contribution >= 0.6 is 12.2 Å². The van der Waals surface area contributed by atoms with E-state index in [4.69, 9.17) is 12.2 Å². The molecule has 0 aromatic carbocycles. The van der Waals surface area contributed by atoms with E-state index in [1.165, 1.54) is 31.6 Å². The van der Waals surface area contributed by atoms with Crippen LogP contribution in [-0.2, 0) is 12.0 Å². The van der Waals surface area contributed by atoms with Crippen LogP contribution in [0, 0.1) is 4.77 Å². The highest BCUT2D eigenvalue weighted by Gasteiger charge is 2.20. The molecule has 0 radical (unpaired) electrons. The molecule has 1 saturated heterocycles. The molecule has 96 valence electrons. The van der Waals surface area contributed by atoms with Crippen LogP contribution in [0.2, 0.25) is 0 Å². The van der Waals surface area contributed by atoms with E-state index in [-0.39, 0.29) is 5.41 Å². The molecule has 0 aliphatic carbocycles. The summed E-state index contributed by atoms with van der Waals surface area (Å²) in [5.41, 5.74) is 1.46. The lowest BCUT2D eigenvalue weighted by molar-refractivity contribution is 0.316. The van der Waals surface area contributed by atoms with E-state index in [1.807, 2.05) is 0 Å². The van der Waals surface area contributed by atoms with E-state index >= 15 is 0 Å². The van der Waals surface area contributed by atoms with Gasteiger partial charge in [-0.2, -0.15) is 0 Å². The van der Waals surface area contributed by atoms with Crippen LogP contribution in [0.5, 0.6) is 0 Å². The van der Waals surface area contributed by atoms with Crippen LogP contribution in [0.15, 0.2) is 6.20 Å². The molecular weight excluding hydrogens is 230 g/mol. The summed E-state index contributed by atoms with van der Waals surface area (Å²) in [5, 5.41) is 0. The Kier molecular flexibility index (Phi) is 3.73. The van der Waals surface area contributed by atoms with Gasteiger partial charge >= 0.3 is 0 Å². The maximum absolute atomic E-state index is 5.37. The second-order valence-corrected chi connectivity index (χ2v) is 6.32. The van der Waals surface area contributed by atoms with Gasteiger partial charge in [-0.1, -0.05) is 20.8 Å². The van der Waals surface area contributed by atoms with Crippen molar-refractivity contribution in [1.29, 1.82) is 0 Å². The fourth-order valence-corrected chi connectivity index (χ4v) is 2.73. The Morgan fingerprint density at radius 1 is 1.24 bits per heavy atom. The van der Waals surface area contributed by atoms with E-state index in [0.717, 1.165) is 17.9 Å². The number of aromatic nitrogens is 2. The van der Waals surface area contributed by atoms with Gasteiger partial charge in [0.1, 0.15) is 0 Å². The fourth-order valence-electron chi connectivity index (χ4n) is 2.49. The topological polar surface area (TPSA) is 24.0 Å². The van der Waals surface area contributed by atoms with E-state index in [1.54, 1.807) is 0 Å². The number of imidazole rings is 1. The molecule has 4 heteroatoms. The molecule has 2 heterocycles. The highest BCUT2D eigenvalue weighted by molar-refractivity contribution is 7.71. The molecule has 1 aliphatic rings. The van der Waals surface area contributed by atoms with Gasteiger partial charge in [-0.05, 0) is 38.1 Å². The number of likely N-dealkylation sites (tertiary alicyclic amines) is 1. The third kappa shape index (κ3) is 2.99. The quantitative estimate of drug-likeness (QED) is 0.837. The average Bonchev–Trinajstić information content (AvgIpc) is 2.83. The molecule has 2 rings (SSSR count). The molecule has 0 spiro atoms. The molecule has 1 aromatic heterocycles. The van der Waals surface area contributed by atoms with Crippen molar-refractivity contribution in [3.63, 3.8) is 0 Å². The van der Waals surface area contributed by atoms with Crippen LogP contribution in [0.3, 0.4) is 0 Å². The van der Waals surface area contributed by atoms with Crippen molar-refractivity contribution in [3.8, 4) is 0 Å². The summed E-state index contributed by atoms with van der Waals surface area (Å²) >= 11 is 5.37. The minimum absolute atomic E-state index is 0.151. The summed E-state index contributed by atoms with van der Waals surface area (Å²) in [5.74, 6) is 0. The molecule has 1 aliphatic heterocycles. The average molecular weight is 253 g/mol. The maximum atomic E-state index is 5.37. The molecule has 1 N–H and O–H groups in total. The van der Waals surface area contributed by atoms with Gasteiger partial charge in [-0.25, -0.2) is 0 Å². The molecule has 1 aromatic rings. The van der Waals surface area contributed by atoms with Crippen LogP contribution in [-0.4, -0.2) is 34.1 Å². The molecule has 0 amide bonds. The Hall–Kier alpha value is -0.610. The van der Waals surface area contributed by atoms with E-state index in [9.17, 15) is 0 Å². The second kappa shape index (κ2) is 4.94. The minimum atomic E-state index is 0.151. The van der Waals surface area contributed by atoms with Crippen molar-refractivity contribution in [1.82, 2.24) is 14.5 Å². The van der Waals surface area contributed by atoms with Gasteiger partial charge < -0.3 is 14.5 Å². The van der Waals surface area contributed by atoms with E-state index in [2.05, 4.69) is 41.4 Å². The predicted octanol–water partition coefficient (Wildman–Crippen LogP) is 2.94. The minimum Gasteiger partial charge on any atom is -0.337 e. The van der Waals surface area contributed by atoms with E-state index < -0.39 is 0 Å². The molecule has 0 bridgehead atoms. The molecule has 0 atom stereocenters. The normalized spacial score (nSPS) is 17.8. The summed E-state index contributed by atoms with van der Waals surface area (Å²) in [6.45, 7) is 11.3. The first-order valence-electron chi connectivity index (χ1n) is 6.49. The molecular formula is C13H23N3S. The van der Waals surface area contributed by atoms with Crippen molar-refractivity contribution in [3.05, 3.63) is 16.7 Å². The Balaban J connectivity index is 2.09. The Bertz CT molecular complexity index is 419. The van der Waals surface area contributed by atoms with Crippen molar-refractivity contribution in [2.45, 2.75) is 45.6 Å². The second-order valence-electron chi connectivity index (χ2n) is 5.93. The zero-order chi connectivity index (χ0) is 12.5. The number of nitrogens with zero attached hydrogens (tertiary/aromatic N) is 2. The lowest BCUT2D eigenvalue weighted by Crippen LogP contribution is -2.26. The zero-order valence-electron chi connectivity index (χ0n) is 11.1. The summed E-state index contributed by atoms with van der Waals surface area (Å²) in [6, 6.07) is 0. The number of hydrogen-bond acceptors (Lipinski definition) is 2. The molecule has 17 heavy (non-hydrogen) atoms. The molecule has 3 nitrogen and oxygen atoms in total. The lowest BCUT2D eigenvalue weighted by atomic mass is 9.92. The van der Waals surface area contributed by atoms with Crippen LogP contribution in [0.25, 0.3) is 0 Å². The largest absolute Gasteiger partial charge is 0.337 e. The number of H-pyrrole nitrogens is 1. The van der Waals surface area contributed by atoms with Gasteiger partial charge in [0, 0.05) is 30.4 Å². The van der Waals surface area contributed by atoms with Gasteiger partial charge in [0.05, 0.1) is 0 Å². The van der Waals surface area contributed by atoms with Crippen LogP contribution in [0.1, 0.15) is 39.3 Å². The number of aromatic amines is 1. The van der Waals surface area contributed by atoms with Gasteiger partial charge in [-0.15, -0.1) is 0 Å². The highest BCUT2D eigenvalue weighted by atomic mass is 32.1. The third-order valence-corrected chi connectivity index (χ3v) is 3.81. The summed E-state index contributed by atoms with van der Waals surface area (Å²) < 4.78 is 3.11. The molecule has 1 fully saturated rings. The standard InChI is InChI=1S/C13H23N3S/c1-13(2,3)11-10-14-12(17)16(11)9-8-15-6-4-5-7-15/h10H,4-9H2,1-3H3,(H,14,17). The van der Waals surface area contributed by atoms with Crippen molar-refractivity contribution < 1.29 is 0 Å². The van der Waals surface area contributed by atoms with Gasteiger partial charge in [0.25, 0.3) is 0 Å². The summed E-state index contributed by atoms with van der Waals surface area (Å²) in [6.07, 6.45) is 4.77. The van der Waals surface area contributed by atoms with Crippen LogP contribution in [0.4, 0.5) is 0 Å². The third-order valence-electron chi connectivity index (χ3n) is 3.48.